The maximum Gasteiger partial charge on any atom is 0.319 e. The maximum atomic E-state index is 14.2. The molecule has 0 radical (unpaired) electrons. The van der Waals surface area contributed by atoms with Crippen molar-refractivity contribution in [2.75, 3.05) is 6.54 Å². The number of carbonyl (C=O) groups is 4. The molecule has 3 aromatic carbocycles. The van der Waals surface area contributed by atoms with Crippen molar-refractivity contribution in [1.82, 2.24) is 4.90 Å². The fraction of sp³-hybridized carbons (Fsp3) is 0.371. The van der Waals surface area contributed by atoms with Gasteiger partial charge in [0.05, 0.1) is 17.7 Å². The zero-order chi connectivity index (χ0) is 29.2. The van der Waals surface area contributed by atoms with Gasteiger partial charge in [-0.3, -0.25) is 24.1 Å². The number of imide groups is 1. The third-order valence-corrected chi connectivity index (χ3v) is 10.6. The summed E-state index contributed by atoms with van der Waals surface area (Å²) in [5.41, 5.74) is 1.52. The molecular weight excluding hydrogens is 530 g/mol. The Balaban J connectivity index is 1.15. The number of aliphatic carboxylic acids is 1. The molecule has 2 fully saturated rings. The van der Waals surface area contributed by atoms with E-state index in [1.54, 1.807) is 24.3 Å². The molecule has 4 aliphatic rings. The largest absolute Gasteiger partial charge is 0.489 e. The van der Waals surface area contributed by atoms with Gasteiger partial charge in [-0.1, -0.05) is 55.5 Å². The zero-order valence-corrected chi connectivity index (χ0v) is 23.5. The number of hydrogen-bond acceptors (Lipinski definition) is 5. The van der Waals surface area contributed by atoms with Crippen LogP contribution in [0.25, 0.3) is 0 Å². The van der Waals surface area contributed by atoms with Crippen LogP contribution in [0.1, 0.15) is 75.9 Å². The van der Waals surface area contributed by atoms with Gasteiger partial charge < -0.3 is 9.84 Å². The third kappa shape index (κ3) is 3.86. The van der Waals surface area contributed by atoms with Crippen molar-refractivity contribution in [3.8, 4) is 5.75 Å². The Bertz CT molecular complexity index is 1600. The van der Waals surface area contributed by atoms with E-state index in [0.29, 0.717) is 13.0 Å². The van der Waals surface area contributed by atoms with Crippen molar-refractivity contribution < 1.29 is 29.0 Å². The zero-order valence-electron chi connectivity index (χ0n) is 23.5. The SMILES string of the molecule is CC12CCC3c4ccc(OCc5ccccc5)cc4CCC3C1CC(CN1C(=O)c3ccccc3C1=O)(C(=O)O)C2=O. The second-order valence-electron chi connectivity index (χ2n) is 12.7. The Morgan fingerprint density at radius 2 is 1.64 bits per heavy atom. The lowest BCUT2D eigenvalue weighted by Gasteiger charge is -2.48. The van der Waals surface area contributed by atoms with Gasteiger partial charge in [-0.05, 0) is 90.8 Å². The molecule has 2 saturated carbocycles. The highest BCUT2D eigenvalue weighted by molar-refractivity contribution is 6.22. The average Bonchev–Trinajstić information content (AvgIpc) is 3.39. The molecule has 7 nitrogen and oxygen atoms in total. The van der Waals surface area contributed by atoms with Gasteiger partial charge in [0.1, 0.15) is 17.8 Å². The fourth-order valence-electron chi connectivity index (χ4n) is 8.42. The number of fused-ring (bicyclic) bond motifs is 6. The van der Waals surface area contributed by atoms with Crippen molar-refractivity contribution in [2.45, 2.75) is 51.6 Å². The van der Waals surface area contributed by atoms with Gasteiger partial charge in [-0.25, -0.2) is 0 Å². The van der Waals surface area contributed by atoms with Crippen LogP contribution in [0.3, 0.4) is 0 Å². The summed E-state index contributed by atoms with van der Waals surface area (Å²) in [5, 5.41) is 10.6. The number of aryl methyl sites for hydroxylation is 1. The van der Waals surface area contributed by atoms with E-state index in [2.05, 4.69) is 12.1 Å². The highest BCUT2D eigenvalue weighted by Crippen LogP contribution is 2.64. The van der Waals surface area contributed by atoms with Crippen LogP contribution in [-0.2, 0) is 22.6 Å². The van der Waals surface area contributed by atoms with Gasteiger partial charge >= 0.3 is 5.97 Å². The Morgan fingerprint density at radius 1 is 0.952 bits per heavy atom. The molecule has 3 aliphatic carbocycles. The molecule has 5 unspecified atom stereocenters. The number of rotatable bonds is 6. The van der Waals surface area contributed by atoms with Crippen LogP contribution in [0, 0.1) is 22.7 Å². The number of hydrogen-bond donors (Lipinski definition) is 1. The fourth-order valence-corrected chi connectivity index (χ4v) is 8.42. The lowest BCUT2D eigenvalue weighted by Crippen LogP contribution is -2.50. The van der Waals surface area contributed by atoms with E-state index in [4.69, 9.17) is 4.74 Å². The molecule has 0 saturated heterocycles. The number of ether oxygens (including phenoxy) is 1. The molecule has 7 heteroatoms. The molecule has 42 heavy (non-hydrogen) atoms. The Labute approximate surface area is 244 Å². The molecule has 1 N–H and O–H groups in total. The number of carboxylic acids is 1. The normalized spacial score (nSPS) is 29.5. The molecule has 2 amide bonds. The van der Waals surface area contributed by atoms with Gasteiger partial charge in [0.25, 0.3) is 11.8 Å². The molecule has 214 valence electrons. The second kappa shape index (κ2) is 9.65. The summed E-state index contributed by atoms with van der Waals surface area (Å²) >= 11 is 0. The summed E-state index contributed by atoms with van der Waals surface area (Å²) in [7, 11) is 0. The van der Waals surface area contributed by atoms with E-state index in [1.807, 2.05) is 43.3 Å². The van der Waals surface area contributed by atoms with Crippen LogP contribution in [0.4, 0.5) is 0 Å². The van der Waals surface area contributed by atoms with E-state index in [0.717, 1.165) is 35.5 Å². The molecule has 1 heterocycles. The Morgan fingerprint density at radius 3 is 2.33 bits per heavy atom. The summed E-state index contributed by atoms with van der Waals surface area (Å²) in [6.45, 7) is 1.99. The molecule has 0 bridgehead atoms. The lowest BCUT2D eigenvalue weighted by atomic mass is 9.55. The molecule has 5 atom stereocenters. The van der Waals surface area contributed by atoms with Gasteiger partial charge in [-0.2, -0.15) is 0 Å². The standard InChI is InChI=1S/C35H33NO6/c1-34-16-15-25-24-14-12-23(42-19-21-7-3-2-4-8-21)17-22(24)11-13-26(25)29(34)18-35(32(34)39,33(40)41)20-36-30(37)27-9-5-6-10-28(27)31(36)38/h2-10,12,14,17,25-26,29H,11,13,15-16,18-20H2,1H3,(H,40,41). The summed E-state index contributed by atoms with van der Waals surface area (Å²) in [6.07, 6.45) is 3.21. The van der Waals surface area contributed by atoms with E-state index in [-0.39, 0.29) is 41.1 Å². The predicted molar refractivity (Wildman–Crippen MR) is 154 cm³/mol. The van der Waals surface area contributed by atoms with E-state index in [1.165, 1.54) is 11.1 Å². The van der Waals surface area contributed by atoms with Crippen LogP contribution < -0.4 is 4.74 Å². The Hall–Kier alpha value is -4.26. The smallest absolute Gasteiger partial charge is 0.319 e. The monoisotopic (exact) mass is 563 g/mol. The van der Waals surface area contributed by atoms with Crippen molar-refractivity contribution >= 4 is 23.6 Å². The second-order valence-corrected chi connectivity index (χ2v) is 12.7. The van der Waals surface area contributed by atoms with Crippen LogP contribution in [0.5, 0.6) is 5.75 Å². The van der Waals surface area contributed by atoms with Crippen molar-refractivity contribution in [3.05, 3.63) is 101 Å². The summed E-state index contributed by atoms with van der Waals surface area (Å²) in [4.78, 5) is 54.5. The van der Waals surface area contributed by atoms with Gasteiger partial charge in [-0.15, -0.1) is 0 Å². The van der Waals surface area contributed by atoms with E-state index < -0.39 is 35.2 Å². The van der Waals surface area contributed by atoms with E-state index in [9.17, 15) is 24.3 Å². The number of Topliss-reactive ketones (excluding diaryl/α,β-unsaturated/α-hetero) is 1. The van der Waals surface area contributed by atoms with E-state index >= 15 is 0 Å². The van der Waals surface area contributed by atoms with Crippen molar-refractivity contribution in [1.29, 1.82) is 0 Å². The number of carboxylic acid groups (broad SMARTS) is 1. The quantitative estimate of drug-likeness (QED) is 0.307. The summed E-state index contributed by atoms with van der Waals surface area (Å²) in [6, 6.07) is 22.8. The highest BCUT2D eigenvalue weighted by atomic mass is 16.5. The van der Waals surface area contributed by atoms with Crippen LogP contribution in [0.2, 0.25) is 0 Å². The lowest BCUT2D eigenvalue weighted by molar-refractivity contribution is -0.155. The number of nitrogens with zero attached hydrogens (tertiary/aromatic N) is 1. The molecule has 1 aliphatic heterocycles. The third-order valence-electron chi connectivity index (χ3n) is 10.6. The molecular formula is C35H33NO6. The summed E-state index contributed by atoms with van der Waals surface area (Å²) < 4.78 is 6.08. The minimum Gasteiger partial charge on any atom is -0.489 e. The predicted octanol–water partition coefficient (Wildman–Crippen LogP) is 5.67. The number of amides is 2. The first-order valence-corrected chi connectivity index (χ1v) is 14.8. The molecule has 3 aromatic rings. The minimum absolute atomic E-state index is 0.139. The van der Waals surface area contributed by atoms with Crippen molar-refractivity contribution in [3.63, 3.8) is 0 Å². The molecule has 0 spiro atoms. The first-order chi connectivity index (χ1) is 20.2. The number of benzene rings is 3. The molecule has 0 aromatic heterocycles. The number of ketones is 1. The van der Waals surface area contributed by atoms with Crippen LogP contribution in [0.15, 0.2) is 72.8 Å². The van der Waals surface area contributed by atoms with Gasteiger partial charge in [0.2, 0.25) is 0 Å². The first-order valence-electron chi connectivity index (χ1n) is 14.8. The average molecular weight is 564 g/mol. The first kappa shape index (κ1) is 26.6. The van der Waals surface area contributed by atoms with Crippen LogP contribution >= 0.6 is 0 Å². The maximum absolute atomic E-state index is 14.2. The van der Waals surface area contributed by atoms with Crippen LogP contribution in [-0.4, -0.2) is 40.1 Å². The van der Waals surface area contributed by atoms with Crippen molar-refractivity contribution in [2.24, 2.45) is 22.7 Å². The van der Waals surface area contributed by atoms with Gasteiger partial charge in [0, 0.05) is 5.41 Å². The minimum atomic E-state index is -1.81. The summed E-state index contributed by atoms with van der Waals surface area (Å²) in [5.74, 6) is -1.56. The topological polar surface area (TPSA) is 101 Å². The highest BCUT2D eigenvalue weighted by Gasteiger charge is 2.68. The Kier molecular flexibility index (Phi) is 6.12. The van der Waals surface area contributed by atoms with Gasteiger partial charge in [0.15, 0.2) is 5.78 Å². The molecule has 7 rings (SSSR count). The number of carbonyl (C=O) groups excluding carboxylic acids is 3.